The lowest BCUT2D eigenvalue weighted by atomic mass is 9.90. The Balaban J connectivity index is 2.36. The molecule has 1 atom stereocenters. The van der Waals surface area contributed by atoms with Crippen molar-refractivity contribution in [3.05, 3.63) is 36.0 Å². The summed E-state index contributed by atoms with van der Waals surface area (Å²) in [6.45, 7) is 4.61. The van der Waals surface area contributed by atoms with Crippen molar-refractivity contribution in [3.63, 3.8) is 0 Å². The molecule has 2 aromatic rings. The molecule has 92 valence electrons. The summed E-state index contributed by atoms with van der Waals surface area (Å²) in [5, 5.41) is 10.7. The lowest BCUT2D eigenvalue weighted by Crippen LogP contribution is -2.16. The number of para-hydroxylation sites is 1. The van der Waals surface area contributed by atoms with Gasteiger partial charge in [0, 0.05) is 30.8 Å². The van der Waals surface area contributed by atoms with Crippen LogP contribution in [-0.2, 0) is 13.5 Å². The lowest BCUT2D eigenvalue weighted by molar-refractivity contribution is 0.189. The van der Waals surface area contributed by atoms with E-state index < -0.39 is 0 Å². The van der Waals surface area contributed by atoms with Crippen molar-refractivity contribution in [1.29, 1.82) is 0 Å². The molecular formula is C15H21NO. The first kappa shape index (κ1) is 12.2. The highest BCUT2D eigenvalue weighted by Gasteiger charge is 2.15. The Bertz CT molecular complexity index is 499. The van der Waals surface area contributed by atoms with E-state index in [0.717, 1.165) is 6.42 Å². The van der Waals surface area contributed by atoms with E-state index in [0.29, 0.717) is 11.8 Å². The molecule has 2 heteroatoms. The number of aliphatic hydroxyl groups excluding tert-OH is 1. The molecule has 0 bridgehead atoms. The van der Waals surface area contributed by atoms with Gasteiger partial charge in [0.05, 0.1) is 0 Å². The van der Waals surface area contributed by atoms with Crippen molar-refractivity contribution in [1.82, 2.24) is 4.57 Å². The maximum absolute atomic E-state index is 9.43. The highest BCUT2D eigenvalue weighted by atomic mass is 16.3. The van der Waals surface area contributed by atoms with Crippen molar-refractivity contribution in [2.75, 3.05) is 6.61 Å². The zero-order chi connectivity index (χ0) is 12.4. The van der Waals surface area contributed by atoms with Gasteiger partial charge in [-0.25, -0.2) is 0 Å². The van der Waals surface area contributed by atoms with Crippen LogP contribution in [0.1, 0.15) is 19.4 Å². The summed E-state index contributed by atoms with van der Waals surface area (Å²) in [4.78, 5) is 0. The zero-order valence-corrected chi connectivity index (χ0v) is 10.9. The van der Waals surface area contributed by atoms with E-state index in [1.807, 2.05) is 0 Å². The molecule has 0 fully saturated rings. The summed E-state index contributed by atoms with van der Waals surface area (Å²) in [6, 6.07) is 8.45. The van der Waals surface area contributed by atoms with Gasteiger partial charge in [0.25, 0.3) is 0 Å². The van der Waals surface area contributed by atoms with Crippen molar-refractivity contribution < 1.29 is 5.11 Å². The molecule has 2 nitrogen and oxygen atoms in total. The molecule has 0 saturated heterocycles. The van der Waals surface area contributed by atoms with Crippen molar-refractivity contribution >= 4 is 10.9 Å². The molecule has 0 amide bonds. The van der Waals surface area contributed by atoms with Crippen LogP contribution in [0, 0.1) is 11.8 Å². The largest absolute Gasteiger partial charge is 0.396 e. The Kier molecular flexibility index (Phi) is 3.53. The average Bonchev–Trinajstić information content (AvgIpc) is 2.63. The van der Waals surface area contributed by atoms with Crippen LogP contribution in [0.4, 0.5) is 0 Å². The van der Waals surface area contributed by atoms with Crippen LogP contribution in [0.3, 0.4) is 0 Å². The van der Waals surface area contributed by atoms with Gasteiger partial charge in [0.1, 0.15) is 0 Å². The fraction of sp³-hybridized carbons (Fsp3) is 0.467. The number of hydrogen-bond donors (Lipinski definition) is 1. The molecule has 0 spiro atoms. The van der Waals surface area contributed by atoms with Crippen LogP contribution >= 0.6 is 0 Å². The van der Waals surface area contributed by atoms with Gasteiger partial charge in [0.15, 0.2) is 0 Å². The molecular weight excluding hydrogens is 210 g/mol. The molecule has 1 N–H and O–H groups in total. The van der Waals surface area contributed by atoms with E-state index in [1.54, 1.807) is 0 Å². The summed E-state index contributed by atoms with van der Waals surface area (Å²) in [7, 11) is 2.08. The van der Waals surface area contributed by atoms with Crippen LogP contribution in [-0.4, -0.2) is 16.3 Å². The minimum absolute atomic E-state index is 0.265. The number of aliphatic hydroxyl groups is 1. The van der Waals surface area contributed by atoms with E-state index in [9.17, 15) is 5.11 Å². The number of benzene rings is 1. The first-order valence-electron chi connectivity index (χ1n) is 6.27. The second-order valence-electron chi connectivity index (χ2n) is 5.17. The third-order valence-corrected chi connectivity index (χ3v) is 3.64. The Hall–Kier alpha value is -1.28. The molecule has 1 aromatic carbocycles. The Labute approximate surface area is 103 Å². The van der Waals surface area contributed by atoms with E-state index >= 15 is 0 Å². The maximum atomic E-state index is 9.43. The minimum Gasteiger partial charge on any atom is -0.396 e. The first-order valence-corrected chi connectivity index (χ1v) is 6.27. The normalized spacial score (nSPS) is 13.5. The van der Waals surface area contributed by atoms with Gasteiger partial charge in [-0.2, -0.15) is 0 Å². The fourth-order valence-electron chi connectivity index (χ4n) is 2.38. The lowest BCUT2D eigenvalue weighted by Gasteiger charge is -2.17. The average molecular weight is 231 g/mol. The molecule has 0 aliphatic rings. The highest BCUT2D eigenvalue weighted by molar-refractivity contribution is 5.83. The molecule has 1 unspecified atom stereocenters. The topological polar surface area (TPSA) is 25.2 Å². The molecule has 2 rings (SSSR count). The van der Waals surface area contributed by atoms with Gasteiger partial charge in [-0.1, -0.05) is 32.0 Å². The third kappa shape index (κ3) is 2.37. The van der Waals surface area contributed by atoms with Gasteiger partial charge in [-0.05, 0) is 29.9 Å². The van der Waals surface area contributed by atoms with Gasteiger partial charge < -0.3 is 9.67 Å². The smallest absolute Gasteiger partial charge is 0.0480 e. The van der Waals surface area contributed by atoms with Crippen LogP contribution in [0.25, 0.3) is 10.9 Å². The highest BCUT2D eigenvalue weighted by Crippen LogP contribution is 2.25. The summed E-state index contributed by atoms with van der Waals surface area (Å²) in [6.07, 6.45) is 3.14. The van der Waals surface area contributed by atoms with Crippen LogP contribution < -0.4 is 0 Å². The molecule has 0 radical (unpaired) electrons. The van der Waals surface area contributed by atoms with Gasteiger partial charge in [0.2, 0.25) is 0 Å². The summed E-state index contributed by atoms with van der Waals surface area (Å²) >= 11 is 0. The number of nitrogens with zero attached hydrogens (tertiary/aromatic N) is 1. The van der Waals surface area contributed by atoms with E-state index in [2.05, 4.69) is 55.9 Å². The first-order chi connectivity index (χ1) is 8.13. The monoisotopic (exact) mass is 231 g/mol. The number of fused-ring (bicyclic) bond motifs is 1. The third-order valence-electron chi connectivity index (χ3n) is 3.64. The SMILES string of the molecule is CC(C)C(CO)Cc1cn(C)c2ccccc12. The van der Waals surface area contributed by atoms with Gasteiger partial charge in [-0.3, -0.25) is 0 Å². The Morgan fingerprint density at radius 1 is 1.24 bits per heavy atom. The number of hydrogen-bond acceptors (Lipinski definition) is 1. The van der Waals surface area contributed by atoms with Crippen molar-refractivity contribution in [2.24, 2.45) is 18.9 Å². The fourth-order valence-corrected chi connectivity index (χ4v) is 2.38. The summed E-state index contributed by atoms with van der Waals surface area (Å²) in [5.74, 6) is 0.861. The van der Waals surface area contributed by atoms with E-state index in [1.165, 1.54) is 16.5 Å². The summed E-state index contributed by atoms with van der Waals surface area (Å²) < 4.78 is 2.17. The quantitative estimate of drug-likeness (QED) is 0.859. The van der Waals surface area contributed by atoms with Crippen LogP contribution in [0.2, 0.25) is 0 Å². The van der Waals surface area contributed by atoms with Crippen LogP contribution in [0.15, 0.2) is 30.5 Å². The minimum atomic E-state index is 0.265. The molecule has 0 saturated carbocycles. The Morgan fingerprint density at radius 3 is 2.59 bits per heavy atom. The summed E-state index contributed by atoms with van der Waals surface area (Å²) in [5.41, 5.74) is 2.61. The molecule has 1 heterocycles. The van der Waals surface area contributed by atoms with E-state index in [4.69, 9.17) is 0 Å². The molecule has 0 aliphatic carbocycles. The van der Waals surface area contributed by atoms with E-state index in [-0.39, 0.29) is 6.61 Å². The number of aromatic nitrogens is 1. The standard InChI is InChI=1S/C15H21NO/c1-11(2)13(10-17)8-12-9-16(3)15-7-5-4-6-14(12)15/h4-7,9,11,13,17H,8,10H2,1-3H3. The molecule has 17 heavy (non-hydrogen) atoms. The predicted molar refractivity (Wildman–Crippen MR) is 72.0 cm³/mol. The zero-order valence-electron chi connectivity index (χ0n) is 10.9. The molecule has 0 aliphatic heterocycles. The number of aryl methyl sites for hydroxylation is 1. The number of rotatable bonds is 4. The second kappa shape index (κ2) is 4.92. The predicted octanol–water partition coefficient (Wildman–Crippen LogP) is 2.99. The molecule has 1 aromatic heterocycles. The van der Waals surface area contributed by atoms with Crippen LogP contribution in [0.5, 0.6) is 0 Å². The Morgan fingerprint density at radius 2 is 1.94 bits per heavy atom. The van der Waals surface area contributed by atoms with Gasteiger partial charge >= 0.3 is 0 Å². The van der Waals surface area contributed by atoms with Crippen molar-refractivity contribution in [2.45, 2.75) is 20.3 Å². The van der Waals surface area contributed by atoms with Gasteiger partial charge in [-0.15, -0.1) is 0 Å². The maximum Gasteiger partial charge on any atom is 0.0480 e. The second-order valence-corrected chi connectivity index (χ2v) is 5.17. The van der Waals surface area contributed by atoms with Crippen molar-refractivity contribution in [3.8, 4) is 0 Å².